The molecule has 0 fully saturated rings. The Kier molecular flexibility index (Phi) is 2.97. The highest BCUT2D eigenvalue weighted by molar-refractivity contribution is 6.68. The molecular formula is C8H6ClNO3. The van der Waals surface area contributed by atoms with Gasteiger partial charge in [-0.25, -0.2) is 4.98 Å². The van der Waals surface area contributed by atoms with Crippen LogP contribution in [0, 0.1) is 0 Å². The number of nitrogens with zero attached hydrogens (tertiary/aromatic N) is 1. The Labute approximate surface area is 79.5 Å². The lowest BCUT2D eigenvalue weighted by atomic mass is 10.3. The zero-order valence-electron chi connectivity index (χ0n) is 6.78. The number of pyridine rings is 1. The highest BCUT2D eigenvalue weighted by atomic mass is 35.5. The highest BCUT2D eigenvalue weighted by Gasteiger charge is 2.11. The normalized spacial score (nSPS) is 9.38. The summed E-state index contributed by atoms with van der Waals surface area (Å²) in [6, 6.07) is 2.96. The van der Waals surface area contributed by atoms with Crippen LogP contribution < -0.4 is 4.74 Å². The molecule has 1 heterocycles. The van der Waals surface area contributed by atoms with Crippen LogP contribution in [-0.2, 0) is 4.79 Å². The fraction of sp³-hybridized carbons (Fsp3) is 0.125. The molecule has 0 aromatic carbocycles. The summed E-state index contributed by atoms with van der Waals surface area (Å²) in [5.41, 5.74) is 0.0827. The second-order valence-corrected chi connectivity index (χ2v) is 2.57. The Morgan fingerprint density at radius 1 is 1.54 bits per heavy atom. The van der Waals surface area contributed by atoms with Gasteiger partial charge in [0, 0.05) is 13.1 Å². The molecule has 0 saturated heterocycles. The molecule has 0 unspecified atom stereocenters. The minimum Gasteiger partial charge on any atom is -0.407 e. The van der Waals surface area contributed by atoms with Gasteiger partial charge in [-0.3, -0.25) is 9.59 Å². The van der Waals surface area contributed by atoms with E-state index in [2.05, 4.69) is 9.72 Å². The molecule has 0 spiro atoms. The molecule has 1 aromatic heterocycles. The summed E-state index contributed by atoms with van der Waals surface area (Å²) in [5, 5.41) is -0.704. The van der Waals surface area contributed by atoms with Gasteiger partial charge in [0.1, 0.15) is 0 Å². The van der Waals surface area contributed by atoms with Crippen LogP contribution in [0.15, 0.2) is 18.3 Å². The van der Waals surface area contributed by atoms with Gasteiger partial charge < -0.3 is 4.74 Å². The predicted octanol–water partition coefficient (Wildman–Crippen LogP) is 1.39. The molecule has 1 aromatic rings. The Hall–Kier alpha value is -1.42. The number of halogens is 1. The molecule has 5 heteroatoms. The Bertz CT molecular complexity index is 351. The Balaban J connectivity index is 3.04. The summed E-state index contributed by atoms with van der Waals surface area (Å²) >= 11 is 5.22. The number of aromatic nitrogens is 1. The summed E-state index contributed by atoms with van der Waals surface area (Å²) < 4.78 is 4.65. The van der Waals surface area contributed by atoms with Crippen molar-refractivity contribution in [2.24, 2.45) is 0 Å². The molecule has 13 heavy (non-hydrogen) atoms. The van der Waals surface area contributed by atoms with E-state index in [4.69, 9.17) is 11.6 Å². The van der Waals surface area contributed by atoms with Crippen molar-refractivity contribution >= 4 is 22.8 Å². The third kappa shape index (κ3) is 2.52. The predicted molar refractivity (Wildman–Crippen MR) is 45.7 cm³/mol. The van der Waals surface area contributed by atoms with Crippen molar-refractivity contribution in [2.75, 3.05) is 0 Å². The van der Waals surface area contributed by atoms with E-state index in [0.717, 1.165) is 0 Å². The van der Waals surface area contributed by atoms with Gasteiger partial charge in [0.05, 0.1) is 5.56 Å². The first-order valence-corrected chi connectivity index (χ1v) is 3.82. The fourth-order valence-corrected chi connectivity index (χ4v) is 0.902. The zero-order chi connectivity index (χ0) is 9.84. The van der Waals surface area contributed by atoms with Crippen molar-refractivity contribution in [3.63, 3.8) is 0 Å². The molecule has 68 valence electrons. The van der Waals surface area contributed by atoms with Crippen LogP contribution in [0.3, 0.4) is 0 Å². The molecule has 1 rings (SSSR count). The quantitative estimate of drug-likeness (QED) is 0.534. The summed E-state index contributed by atoms with van der Waals surface area (Å²) in [7, 11) is 0. The van der Waals surface area contributed by atoms with Crippen LogP contribution in [0.2, 0.25) is 0 Å². The maximum absolute atomic E-state index is 10.8. The molecule has 0 bridgehead atoms. The molecule has 0 saturated carbocycles. The smallest absolute Gasteiger partial charge is 0.309 e. The van der Waals surface area contributed by atoms with Gasteiger partial charge in [-0.1, -0.05) is 0 Å². The van der Waals surface area contributed by atoms with Crippen LogP contribution >= 0.6 is 11.6 Å². The Morgan fingerprint density at radius 2 is 2.23 bits per heavy atom. The molecule has 0 aliphatic rings. The van der Waals surface area contributed by atoms with E-state index < -0.39 is 11.2 Å². The number of carbonyl (C=O) groups is 2. The van der Waals surface area contributed by atoms with E-state index >= 15 is 0 Å². The van der Waals surface area contributed by atoms with E-state index in [1.54, 1.807) is 0 Å². The van der Waals surface area contributed by atoms with Crippen LogP contribution in [0.5, 0.6) is 5.88 Å². The molecule has 4 nitrogen and oxygen atoms in total. The molecule has 0 N–H and O–H groups in total. The maximum atomic E-state index is 10.8. The summed E-state index contributed by atoms with van der Waals surface area (Å²) in [4.78, 5) is 25.0. The number of ether oxygens (including phenoxy) is 1. The van der Waals surface area contributed by atoms with Crippen molar-refractivity contribution in [3.05, 3.63) is 23.9 Å². The van der Waals surface area contributed by atoms with Gasteiger partial charge in [-0.15, -0.1) is 0 Å². The minimum absolute atomic E-state index is 0.0602. The number of hydrogen-bond acceptors (Lipinski definition) is 4. The fourth-order valence-electron chi connectivity index (χ4n) is 0.758. The number of hydrogen-bond donors (Lipinski definition) is 0. The van der Waals surface area contributed by atoms with Gasteiger partial charge in [0.25, 0.3) is 5.24 Å². The van der Waals surface area contributed by atoms with Crippen LogP contribution in [0.25, 0.3) is 0 Å². The van der Waals surface area contributed by atoms with E-state index in [-0.39, 0.29) is 11.4 Å². The van der Waals surface area contributed by atoms with E-state index in [1.165, 1.54) is 25.3 Å². The molecule has 0 aliphatic heterocycles. The largest absolute Gasteiger partial charge is 0.407 e. The van der Waals surface area contributed by atoms with Crippen molar-refractivity contribution in [1.29, 1.82) is 0 Å². The number of rotatable bonds is 2. The zero-order valence-corrected chi connectivity index (χ0v) is 7.54. The number of carbonyl (C=O) groups excluding carboxylic acids is 2. The van der Waals surface area contributed by atoms with E-state index in [9.17, 15) is 9.59 Å². The second kappa shape index (κ2) is 4.00. The highest BCUT2D eigenvalue weighted by Crippen LogP contribution is 2.16. The van der Waals surface area contributed by atoms with E-state index in [1.807, 2.05) is 0 Å². The lowest BCUT2D eigenvalue weighted by Crippen LogP contribution is -2.06. The van der Waals surface area contributed by atoms with Crippen LogP contribution in [0.4, 0.5) is 0 Å². The van der Waals surface area contributed by atoms with Gasteiger partial charge in [-0.05, 0) is 23.7 Å². The first kappa shape index (κ1) is 9.67. The molecule has 0 radical (unpaired) electrons. The first-order chi connectivity index (χ1) is 6.11. The van der Waals surface area contributed by atoms with Crippen molar-refractivity contribution in [2.45, 2.75) is 6.92 Å². The van der Waals surface area contributed by atoms with Gasteiger partial charge in [-0.2, -0.15) is 0 Å². The van der Waals surface area contributed by atoms with Crippen molar-refractivity contribution < 1.29 is 14.3 Å². The van der Waals surface area contributed by atoms with Gasteiger partial charge >= 0.3 is 5.97 Å². The third-order valence-corrected chi connectivity index (χ3v) is 1.43. The maximum Gasteiger partial charge on any atom is 0.309 e. The molecule has 0 aliphatic carbocycles. The molecular weight excluding hydrogens is 194 g/mol. The summed E-state index contributed by atoms with van der Waals surface area (Å²) in [6.07, 6.45) is 1.40. The van der Waals surface area contributed by atoms with Gasteiger partial charge in [0.15, 0.2) is 0 Å². The Morgan fingerprint density at radius 3 is 2.77 bits per heavy atom. The molecule has 0 amide bonds. The van der Waals surface area contributed by atoms with E-state index in [0.29, 0.717) is 0 Å². The van der Waals surface area contributed by atoms with Crippen LogP contribution in [-0.4, -0.2) is 16.2 Å². The van der Waals surface area contributed by atoms with Crippen molar-refractivity contribution in [3.8, 4) is 5.88 Å². The minimum atomic E-state index is -0.704. The SMILES string of the molecule is CC(=O)Oc1ncccc1C(=O)Cl. The van der Waals surface area contributed by atoms with Crippen molar-refractivity contribution in [1.82, 2.24) is 4.98 Å². The standard InChI is InChI=1S/C8H6ClNO3/c1-5(11)13-8-6(7(9)12)3-2-4-10-8/h2-4H,1H3. The average Bonchev–Trinajstić information content (AvgIpc) is 2.03. The topological polar surface area (TPSA) is 56.3 Å². The lowest BCUT2D eigenvalue weighted by Gasteiger charge is -2.02. The lowest BCUT2D eigenvalue weighted by molar-refractivity contribution is -0.132. The van der Waals surface area contributed by atoms with Gasteiger partial charge in [0.2, 0.25) is 5.88 Å². The average molecular weight is 200 g/mol. The third-order valence-electron chi connectivity index (χ3n) is 1.22. The first-order valence-electron chi connectivity index (χ1n) is 3.44. The monoisotopic (exact) mass is 199 g/mol. The second-order valence-electron chi connectivity index (χ2n) is 2.22. The summed E-state index contributed by atoms with van der Waals surface area (Å²) in [6.45, 7) is 1.22. The van der Waals surface area contributed by atoms with Crippen LogP contribution in [0.1, 0.15) is 17.3 Å². The summed E-state index contributed by atoms with van der Waals surface area (Å²) in [5.74, 6) is -0.604. The molecule has 0 atom stereocenters. The number of esters is 1.